The molecule has 0 saturated carbocycles. The zero-order valence-electron chi connectivity index (χ0n) is 12.8. The van der Waals surface area contributed by atoms with Crippen molar-refractivity contribution in [1.29, 1.82) is 0 Å². The average molecular weight is 337 g/mol. The first-order valence-corrected chi connectivity index (χ1v) is 8.69. The summed E-state index contributed by atoms with van der Waals surface area (Å²) in [5.74, 6) is 0.600. The highest BCUT2D eigenvalue weighted by Crippen LogP contribution is 2.30. The van der Waals surface area contributed by atoms with Gasteiger partial charge in [-0.3, -0.25) is 4.31 Å². The van der Waals surface area contributed by atoms with Gasteiger partial charge in [0.15, 0.2) is 11.0 Å². The molecule has 2 heterocycles. The van der Waals surface area contributed by atoms with Crippen LogP contribution in [0.3, 0.4) is 0 Å². The molecule has 2 aromatic carbocycles. The van der Waals surface area contributed by atoms with Crippen LogP contribution >= 0.6 is 0 Å². The molecule has 0 bridgehead atoms. The fourth-order valence-corrected chi connectivity index (χ4v) is 3.88. The van der Waals surface area contributed by atoms with Gasteiger partial charge in [0, 0.05) is 12.3 Å². The van der Waals surface area contributed by atoms with E-state index in [1.165, 1.54) is 0 Å². The summed E-state index contributed by atoms with van der Waals surface area (Å²) in [4.78, 5) is 9.38. The van der Waals surface area contributed by atoms with Crippen LogP contribution in [0.25, 0.3) is 0 Å². The zero-order valence-corrected chi connectivity index (χ0v) is 13.6. The van der Waals surface area contributed by atoms with Gasteiger partial charge in [0.1, 0.15) is 12.4 Å². The van der Waals surface area contributed by atoms with Gasteiger partial charge in [0.05, 0.1) is 11.4 Å². The summed E-state index contributed by atoms with van der Waals surface area (Å²) in [5.41, 5.74) is 2.10. The number of aromatic nitrogens is 2. The third kappa shape index (κ3) is 2.88. The molecule has 0 aliphatic carbocycles. The number of ether oxygens (including phenoxy) is 1. The SMILES string of the molecule is O=S1c2ccccc2CN1c1ccnc(OCc2ccccc2)n1. The molecule has 0 spiro atoms. The Morgan fingerprint density at radius 2 is 1.83 bits per heavy atom. The summed E-state index contributed by atoms with van der Waals surface area (Å²) >= 11 is 0. The van der Waals surface area contributed by atoms with Crippen molar-refractivity contribution >= 4 is 16.8 Å². The van der Waals surface area contributed by atoms with Crippen LogP contribution in [0.5, 0.6) is 6.01 Å². The molecule has 1 unspecified atom stereocenters. The number of fused-ring (bicyclic) bond motifs is 1. The highest BCUT2D eigenvalue weighted by molar-refractivity contribution is 7.86. The molecule has 0 amide bonds. The number of benzene rings is 2. The molecule has 24 heavy (non-hydrogen) atoms. The third-order valence-corrected chi connectivity index (χ3v) is 5.25. The van der Waals surface area contributed by atoms with E-state index in [4.69, 9.17) is 4.74 Å². The molecule has 0 fully saturated rings. The zero-order chi connectivity index (χ0) is 16.4. The van der Waals surface area contributed by atoms with Crippen molar-refractivity contribution in [2.45, 2.75) is 18.0 Å². The molecule has 0 saturated heterocycles. The molecule has 1 aliphatic rings. The van der Waals surface area contributed by atoms with Crippen LogP contribution in [-0.2, 0) is 24.1 Å². The second-order valence-corrected chi connectivity index (χ2v) is 6.74. The maximum atomic E-state index is 12.6. The number of rotatable bonds is 4. The highest BCUT2D eigenvalue weighted by atomic mass is 32.2. The van der Waals surface area contributed by atoms with E-state index in [-0.39, 0.29) is 6.01 Å². The number of nitrogens with zero attached hydrogens (tertiary/aromatic N) is 3. The summed E-state index contributed by atoms with van der Waals surface area (Å²) in [7, 11) is -1.25. The van der Waals surface area contributed by atoms with Crippen LogP contribution in [-0.4, -0.2) is 14.2 Å². The van der Waals surface area contributed by atoms with Gasteiger partial charge in [0.2, 0.25) is 0 Å². The van der Waals surface area contributed by atoms with E-state index in [0.29, 0.717) is 19.0 Å². The lowest BCUT2D eigenvalue weighted by Crippen LogP contribution is -2.19. The molecule has 5 nitrogen and oxygen atoms in total. The van der Waals surface area contributed by atoms with Crippen molar-refractivity contribution in [3.8, 4) is 6.01 Å². The van der Waals surface area contributed by atoms with Crippen molar-refractivity contribution in [2.75, 3.05) is 4.31 Å². The Bertz CT molecular complexity index is 886. The molecule has 6 heteroatoms. The Morgan fingerprint density at radius 3 is 2.67 bits per heavy atom. The second kappa shape index (κ2) is 6.41. The lowest BCUT2D eigenvalue weighted by molar-refractivity contribution is 0.281. The van der Waals surface area contributed by atoms with E-state index in [2.05, 4.69) is 9.97 Å². The molecule has 0 N–H and O–H groups in total. The molecule has 3 aromatic rings. The van der Waals surface area contributed by atoms with Gasteiger partial charge < -0.3 is 4.74 Å². The fraction of sp³-hybridized carbons (Fsp3) is 0.111. The highest BCUT2D eigenvalue weighted by Gasteiger charge is 2.28. The van der Waals surface area contributed by atoms with Crippen LogP contribution in [0.2, 0.25) is 0 Å². The topological polar surface area (TPSA) is 55.3 Å². The molecule has 0 radical (unpaired) electrons. The van der Waals surface area contributed by atoms with Crippen LogP contribution in [0, 0.1) is 0 Å². The normalized spacial score (nSPS) is 16.0. The second-order valence-electron chi connectivity index (χ2n) is 5.37. The molecular weight excluding hydrogens is 322 g/mol. The van der Waals surface area contributed by atoms with Crippen molar-refractivity contribution in [3.05, 3.63) is 78.0 Å². The Morgan fingerprint density at radius 1 is 1.04 bits per heavy atom. The lowest BCUT2D eigenvalue weighted by Gasteiger charge is -2.15. The molecule has 1 atom stereocenters. The fourth-order valence-electron chi connectivity index (χ4n) is 2.57. The van der Waals surface area contributed by atoms with E-state index in [1.807, 2.05) is 54.6 Å². The molecular formula is C18H15N3O2S. The van der Waals surface area contributed by atoms with E-state index in [1.54, 1.807) is 16.6 Å². The van der Waals surface area contributed by atoms with Crippen molar-refractivity contribution < 1.29 is 8.95 Å². The van der Waals surface area contributed by atoms with Gasteiger partial charge in [-0.05, 0) is 17.2 Å². The van der Waals surface area contributed by atoms with Crippen LogP contribution < -0.4 is 9.04 Å². The maximum Gasteiger partial charge on any atom is 0.318 e. The van der Waals surface area contributed by atoms with Crippen LogP contribution in [0.15, 0.2) is 71.8 Å². The first-order chi connectivity index (χ1) is 11.8. The number of anilines is 1. The molecule has 120 valence electrons. The summed E-state index contributed by atoms with van der Waals surface area (Å²) in [6.45, 7) is 0.964. The first-order valence-electron chi connectivity index (χ1n) is 7.58. The Kier molecular flexibility index (Phi) is 3.96. The van der Waals surface area contributed by atoms with Crippen molar-refractivity contribution in [3.63, 3.8) is 0 Å². The summed E-state index contributed by atoms with van der Waals surface area (Å²) < 4.78 is 20.0. The quantitative estimate of drug-likeness (QED) is 0.734. The van der Waals surface area contributed by atoms with Crippen molar-refractivity contribution in [2.24, 2.45) is 0 Å². The molecule has 4 rings (SSSR count). The van der Waals surface area contributed by atoms with E-state index < -0.39 is 11.0 Å². The smallest absolute Gasteiger partial charge is 0.318 e. The van der Waals surface area contributed by atoms with Crippen molar-refractivity contribution in [1.82, 2.24) is 9.97 Å². The van der Waals surface area contributed by atoms with Gasteiger partial charge in [0.25, 0.3) is 0 Å². The average Bonchev–Trinajstić information content (AvgIpc) is 2.98. The minimum Gasteiger partial charge on any atom is -0.459 e. The summed E-state index contributed by atoms with van der Waals surface area (Å²) in [6, 6.07) is 19.6. The Hall–Kier alpha value is -2.73. The third-order valence-electron chi connectivity index (χ3n) is 3.76. The minimum absolute atomic E-state index is 0.282. The number of hydrogen-bond acceptors (Lipinski definition) is 4. The van der Waals surface area contributed by atoms with Gasteiger partial charge in [-0.25, -0.2) is 9.19 Å². The first kappa shape index (κ1) is 14.8. The summed E-state index contributed by atoms with van der Waals surface area (Å²) in [6.07, 6.45) is 1.63. The van der Waals surface area contributed by atoms with Crippen LogP contribution in [0.1, 0.15) is 11.1 Å². The van der Waals surface area contributed by atoms with Gasteiger partial charge in [-0.1, -0.05) is 48.5 Å². The lowest BCUT2D eigenvalue weighted by atomic mass is 10.2. The Labute approximate surface area is 142 Å². The predicted octanol–water partition coefficient (Wildman–Crippen LogP) is 3.10. The standard InChI is InChI=1S/C18H15N3O2S/c22-24-16-9-5-4-8-15(16)12-21(24)17-10-11-19-18(20-17)23-13-14-6-2-1-3-7-14/h1-11H,12-13H2. The van der Waals surface area contributed by atoms with Gasteiger partial charge in [-0.15, -0.1) is 0 Å². The summed E-state index contributed by atoms with van der Waals surface area (Å²) in [5, 5.41) is 0. The number of hydrogen-bond donors (Lipinski definition) is 0. The molecule has 1 aromatic heterocycles. The van der Waals surface area contributed by atoms with Gasteiger partial charge >= 0.3 is 6.01 Å². The van der Waals surface area contributed by atoms with E-state index >= 15 is 0 Å². The predicted molar refractivity (Wildman–Crippen MR) is 91.8 cm³/mol. The van der Waals surface area contributed by atoms with E-state index in [0.717, 1.165) is 16.0 Å². The maximum absolute atomic E-state index is 12.6. The van der Waals surface area contributed by atoms with Crippen LogP contribution in [0.4, 0.5) is 5.82 Å². The van der Waals surface area contributed by atoms with Gasteiger partial charge in [-0.2, -0.15) is 4.98 Å². The minimum atomic E-state index is -1.25. The van der Waals surface area contributed by atoms with E-state index in [9.17, 15) is 4.21 Å². The molecule has 1 aliphatic heterocycles. The monoisotopic (exact) mass is 337 g/mol. The Balaban J connectivity index is 1.52. The largest absolute Gasteiger partial charge is 0.459 e.